The van der Waals surface area contributed by atoms with Crippen LogP contribution in [0.4, 0.5) is 5.82 Å². The van der Waals surface area contributed by atoms with Crippen LogP contribution in [0.1, 0.15) is 19.5 Å². The number of anilines is 1. The maximum Gasteiger partial charge on any atom is 0.127 e. The van der Waals surface area contributed by atoms with Crippen LogP contribution in [0.25, 0.3) is 0 Å². The van der Waals surface area contributed by atoms with Crippen molar-refractivity contribution < 1.29 is 0 Å². The third-order valence-electron chi connectivity index (χ3n) is 2.46. The molecule has 0 N–H and O–H groups in total. The molecule has 2 rings (SSSR count). The predicted octanol–water partition coefficient (Wildman–Crippen LogP) is 1.29. The lowest BCUT2D eigenvalue weighted by Gasteiger charge is -2.12. The first kappa shape index (κ1) is 7.65. The number of rotatable bonds is 2. The van der Waals surface area contributed by atoms with E-state index in [1.165, 1.54) is 11.5 Å². The maximum atomic E-state index is 4.48. The zero-order valence-corrected chi connectivity index (χ0v) is 7.75. The molecular weight excluding hydrogens is 150 g/mol. The Morgan fingerprint density at radius 1 is 1.42 bits per heavy atom. The fourth-order valence-electron chi connectivity index (χ4n) is 1.70. The van der Waals surface area contributed by atoms with E-state index in [-0.39, 0.29) is 0 Å². The number of nitrogens with zero attached hydrogens (tertiary/aromatic N) is 3. The van der Waals surface area contributed by atoms with E-state index in [9.17, 15) is 0 Å². The number of aryl methyl sites for hydroxylation is 1. The fraction of sp³-hybridized carbons (Fsp3) is 0.667. The van der Waals surface area contributed by atoms with Crippen molar-refractivity contribution in [2.24, 2.45) is 0 Å². The summed E-state index contributed by atoms with van der Waals surface area (Å²) >= 11 is 0. The Morgan fingerprint density at radius 3 is 2.92 bits per heavy atom. The average Bonchev–Trinajstić information content (AvgIpc) is 2.61. The van der Waals surface area contributed by atoms with Crippen LogP contribution in [0, 0.1) is 0 Å². The van der Waals surface area contributed by atoms with Gasteiger partial charge in [-0.05, 0) is 13.3 Å². The zero-order chi connectivity index (χ0) is 8.55. The summed E-state index contributed by atoms with van der Waals surface area (Å²) in [6.45, 7) is 7.61. The topological polar surface area (TPSA) is 21.1 Å². The molecule has 0 amide bonds. The van der Waals surface area contributed by atoms with Gasteiger partial charge in [-0.25, -0.2) is 4.68 Å². The van der Waals surface area contributed by atoms with Gasteiger partial charge in [-0.15, -0.1) is 0 Å². The molecule has 66 valence electrons. The molecule has 0 fully saturated rings. The van der Waals surface area contributed by atoms with Gasteiger partial charge in [0.25, 0.3) is 0 Å². The highest BCUT2D eigenvalue weighted by Gasteiger charge is 2.18. The molecule has 0 saturated carbocycles. The average molecular weight is 165 g/mol. The van der Waals surface area contributed by atoms with Crippen LogP contribution < -0.4 is 4.90 Å². The largest absolute Gasteiger partial charge is 0.355 e. The quantitative estimate of drug-likeness (QED) is 0.658. The third kappa shape index (κ3) is 1.00. The van der Waals surface area contributed by atoms with E-state index in [2.05, 4.69) is 34.6 Å². The van der Waals surface area contributed by atoms with Gasteiger partial charge in [0.1, 0.15) is 5.82 Å². The molecule has 0 aliphatic carbocycles. The zero-order valence-electron chi connectivity index (χ0n) is 7.75. The lowest BCUT2D eigenvalue weighted by atomic mass is 10.3. The van der Waals surface area contributed by atoms with Crippen molar-refractivity contribution in [2.75, 3.05) is 18.0 Å². The van der Waals surface area contributed by atoms with Crippen LogP contribution in [0.2, 0.25) is 0 Å². The molecule has 3 heteroatoms. The van der Waals surface area contributed by atoms with Gasteiger partial charge < -0.3 is 4.90 Å². The van der Waals surface area contributed by atoms with Crippen molar-refractivity contribution in [3.63, 3.8) is 0 Å². The van der Waals surface area contributed by atoms with Crippen molar-refractivity contribution in [3.8, 4) is 0 Å². The molecule has 0 saturated heterocycles. The highest BCUT2D eigenvalue weighted by Crippen LogP contribution is 2.21. The Bertz CT molecular complexity index is 277. The third-order valence-corrected chi connectivity index (χ3v) is 2.46. The van der Waals surface area contributed by atoms with E-state index in [1.807, 2.05) is 0 Å². The van der Waals surface area contributed by atoms with Gasteiger partial charge in [0.2, 0.25) is 0 Å². The van der Waals surface area contributed by atoms with E-state index < -0.39 is 0 Å². The molecule has 12 heavy (non-hydrogen) atoms. The summed E-state index contributed by atoms with van der Waals surface area (Å²) in [5.74, 6) is 1.30. The first-order chi connectivity index (χ1) is 5.85. The van der Waals surface area contributed by atoms with Gasteiger partial charge in [0.05, 0.1) is 12.2 Å². The fourth-order valence-corrected chi connectivity index (χ4v) is 1.70. The molecule has 1 aromatic rings. The Kier molecular flexibility index (Phi) is 1.79. The van der Waals surface area contributed by atoms with Crippen molar-refractivity contribution in [1.29, 1.82) is 0 Å². The summed E-state index contributed by atoms with van der Waals surface area (Å²) < 4.78 is 2.11. The number of aromatic nitrogens is 2. The van der Waals surface area contributed by atoms with E-state index >= 15 is 0 Å². The molecule has 0 aromatic carbocycles. The second kappa shape index (κ2) is 2.81. The summed E-state index contributed by atoms with van der Waals surface area (Å²) in [6.07, 6.45) is 1.04. The van der Waals surface area contributed by atoms with E-state index in [0.717, 1.165) is 26.1 Å². The lowest BCUT2D eigenvalue weighted by molar-refractivity contribution is 0.674. The molecule has 0 radical (unpaired) electrons. The van der Waals surface area contributed by atoms with E-state index in [0.29, 0.717) is 0 Å². The van der Waals surface area contributed by atoms with Gasteiger partial charge in [-0.2, -0.15) is 5.10 Å². The number of fused-ring (bicyclic) bond motifs is 1. The first-order valence-electron chi connectivity index (χ1n) is 4.66. The Labute approximate surface area is 73.0 Å². The minimum Gasteiger partial charge on any atom is -0.355 e. The van der Waals surface area contributed by atoms with Gasteiger partial charge in [-0.1, -0.05) is 6.92 Å². The summed E-state index contributed by atoms with van der Waals surface area (Å²) in [5, 5.41) is 4.48. The monoisotopic (exact) mass is 165 g/mol. The molecule has 0 unspecified atom stereocenters. The summed E-state index contributed by atoms with van der Waals surface area (Å²) in [5.41, 5.74) is 1.21. The van der Waals surface area contributed by atoms with Gasteiger partial charge in [0, 0.05) is 19.2 Å². The first-order valence-corrected chi connectivity index (χ1v) is 4.66. The van der Waals surface area contributed by atoms with Crippen molar-refractivity contribution in [3.05, 3.63) is 11.8 Å². The lowest BCUT2D eigenvalue weighted by Crippen LogP contribution is -2.19. The minimum absolute atomic E-state index is 1.04. The number of hydrogen-bond donors (Lipinski definition) is 0. The normalized spacial score (nSPS) is 15.3. The number of hydrogen-bond acceptors (Lipinski definition) is 2. The van der Waals surface area contributed by atoms with Gasteiger partial charge in [-0.3, -0.25) is 0 Å². The van der Waals surface area contributed by atoms with E-state index in [4.69, 9.17) is 0 Å². The van der Waals surface area contributed by atoms with Crippen molar-refractivity contribution in [2.45, 2.75) is 26.8 Å². The highest BCUT2D eigenvalue weighted by molar-refractivity contribution is 5.43. The maximum absolute atomic E-state index is 4.48. The Balaban J connectivity index is 2.31. The standard InChI is InChI=1S/C9H15N3/c1-3-8-7-9-11(4-2)5-6-12(9)10-8/h7H,3-6H2,1-2H3. The second-order valence-electron chi connectivity index (χ2n) is 3.15. The van der Waals surface area contributed by atoms with Crippen molar-refractivity contribution >= 4 is 5.82 Å². The molecule has 0 spiro atoms. The van der Waals surface area contributed by atoms with Crippen LogP contribution >= 0.6 is 0 Å². The molecule has 0 bridgehead atoms. The van der Waals surface area contributed by atoms with Crippen molar-refractivity contribution in [1.82, 2.24) is 9.78 Å². The highest BCUT2D eigenvalue weighted by atomic mass is 15.4. The van der Waals surface area contributed by atoms with Gasteiger partial charge >= 0.3 is 0 Å². The van der Waals surface area contributed by atoms with Crippen LogP contribution in [-0.2, 0) is 13.0 Å². The molecule has 1 aliphatic heterocycles. The van der Waals surface area contributed by atoms with Crippen LogP contribution in [0.5, 0.6) is 0 Å². The Morgan fingerprint density at radius 2 is 2.25 bits per heavy atom. The molecule has 0 atom stereocenters. The van der Waals surface area contributed by atoms with Crippen LogP contribution in [-0.4, -0.2) is 22.9 Å². The molecule has 1 aliphatic rings. The molecule has 1 aromatic heterocycles. The number of likely N-dealkylation sites (N-methyl/N-ethyl adjacent to an activating group) is 1. The molecule has 3 nitrogen and oxygen atoms in total. The van der Waals surface area contributed by atoms with Crippen LogP contribution in [0.3, 0.4) is 0 Å². The van der Waals surface area contributed by atoms with Crippen LogP contribution in [0.15, 0.2) is 6.07 Å². The summed E-state index contributed by atoms with van der Waals surface area (Å²) in [6, 6.07) is 2.20. The predicted molar refractivity (Wildman–Crippen MR) is 49.5 cm³/mol. The minimum atomic E-state index is 1.04. The molecular formula is C9H15N3. The smallest absolute Gasteiger partial charge is 0.127 e. The summed E-state index contributed by atoms with van der Waals surface area (Å²) in [4.78, 5) is 2.37. The van der Waals surface area contributed by atoms with Gasteiger partial charge in [0.15, 0.2) is 0 Å². The SMILES string of the molecule is CCc1cc2n(n1)CCN2CC. The Hall–Kier alpha value is -0.990. The second-order valence-corrected chi connectivity index (χ2v) is 3.15. The summed E-state index contributed by atoms with van der Waals surface area (Å²) in [7, 11) is 0. The molecule has 2 heterocycles. The van der Waals surface area contributed by atoms with E-state index in [1.54, 1.807) is 0 Å².